The molecule has 0 aliphatic carbocycles. The van der Waals surface area contributed by atoms with Crippen LogP contribution in [-0.2, 0) is 38.5 Å². The Kier molecular flexibility index (Phi) is 20.6. The molecule has 0 saturated heterocycles. The van der Waals surface area contributed by atoms with E-state index in [-0.39, 0.29) is 0 Å². The van der Waals surface area contributed by atoms with Gasteiger partial charge in [0.25, 0.3) is 0 Å². The Morgan fingerprint density at radius 2 is 0.791 bits per heavy atom. The van der Waals surface area contributed by atoms with Crippen molar-refractivity contribution < 1.29 is 0 Å². The van der Waals surface area contributed by atoms with Crippen molar-refractivity contribution >= 4 is 9.24 Å². The number of unbranched alkanes of at least 4 members (excludes halogenated alkanes) is 8. The van der Waals surface area contributed by atoms with Gasteiger partial charge in [-0.15, -0.1) is 9.24 Å². The molecule has 0 N–H and O–H groups in total. The lowest BCUT2D eigenvalue weighted by Gasteiger charge is -2.29. The summed E-state index contributed by atoms with van der Waals surface area (Å²) in [6.45, 7) is 14.2. The molecule has 0 aliphatic heterocycles. The van der Waals surface area contributed by atoms with E-state index in [0.29, 0.717) is 5.92 Å². The van der Waals surface area contributed by atoms with Crippen LogP contribution in [0.2, 0.25) is 0 Å². The lowest BCUT2D eigenvalue weighted by atomic mass is 9.75. The van der Waals surface area contributed by atoms with Crippen molar-refractivity contribution in [2.45, 2.75) is 189 Å². The van der Waals surface area contributed by atoms with Gasteiger partial charge in [0.1, 0.15) is 0 Å². The van der Waals surface area contributed by atoms with Crippen molar-refractivity contribution in [2.24, 2.45) is 0 Å². The van der Waals surface area contributed by atoms with E-state index in [1.54, 1.807) is 44.5 Å². The second-order valence-corrected chi connectivity index (χ2v) is 13.9. The quantitative estimate of drug-likeness (QED) is 0.0779. The van der Waals surface area contributed by atoms with Crippen LogP contribution in [0, 0.1) is 0 Å². The summed E-state index contributed by atoms with van der Waals surface area (Å²) in [6.07, 6.45) is 29.7. The van der Waals surface area contributed by atoms with E-state index in [2.05, 4.69) is 75.0 Å². The molecule has 0 amide bonds. The Bertz CT molecular complexity index is 927. The van der Waals surface area contributed by atoms with Gasteiger partial charge in [0.2, 0.25) is 0 Å². The van der Waals surface area contributed by atoms with Crippen LogP contribution in [0.4, 0.5) is 0 Å². The maximum atomic E-state index is 2.96. The molecule has 2 rings (SSSR count). The molecule has 0 heterocycles. The SMILES string of the molecule is CCCCc1ccc(C(CCCCCP)c2ccc(CCCC)c(CCCC)c2CCCC)c(CCCC)c1CCCC. The lowest BCUT2D eigenvalue weighted by Crippen LogP contribution is -2.14. The molecule has 0 radical (unpaired) electrons. The van der Waals surface area contributed by atoms with Gasteiger partial charge >= 0.3 is 0 Å². The summed E-state index contributed by atoms with van der Waals surface area (Å²) in [7, 11) is 2.96. The van der Waals surface area contributed by atoms with Gasteiger partial charge < -0.3 is 0 Å². The highest BCUT2D eigenvalue weighted by molar-refractivity contribution is 7.16. The van der Waals surface area contributed by atoms with E-state index < -0.39 is 0 Å². The van der Waals surface area contributed by atoms with Crippen molar-refractivity contribution in [3.8, 4) is 0 Å². The molecule has 0 spiro atoms. The standard InChI is InChI=1S/C42H71P/c1-7-13-22-34-29-31-41(38(26-17-11-5)36(34)24-15-9-3)40(28-20-19-21-33-43)42-32-30-35(23-14-8-2)37(25-16-10-4)39(42)27-18-12-6/h29-32,40H,7-28,33,43H2,1-6H3. The highest BCUT2D eigenvalue weighted by Crippen LogP contribution is 2.40. The maximum absolute atomic E-state index is 2.96. The summed E-state index contributed by atoms with van der Waals surface area (Å²) in [6, 6.07) is 10.4. The zero-order chi connectivity index (χ0) is 31.3. The molecule has 43 heavy (non-hydrogen) atoms. The summed E-state index contributed by atoms with van der Waals surface area (Å²) in [5.41, 5.74) is 13.7. The Morgan fingerprint density at radius 1 is 0.419 bits per heavy atom. The normalized spacial score (nSPS) is 11.6. The van der Waals surface area contributed by atoms with Gasteiger partial charge in [-0.25, -0.2) is 0 Å². The van der Waals surface area contributed by atoms with Gasteiger partial charge in [0, 0.05) is 5.92 Å². The molecule has 0 saturated carbocycles. The maximum Gasteiger partial charge on any atom is 0.00950 e. The van der Waals surface area contributed by atoms with Gasteiger partial charge in [-0.3, -0.25) is 0 Å². The van der Waals surface area contributed by atoms with E-state index in [1.807, 2.05) is 0 Å². The predicted molar refractivity (Wildman–Crippen MR) is 199 cm³/mol. The first-order valence-corrected chi connectivity index (χ1v) is 19.9. The van der Waals surface area contributed by atoms with Crippen LogP contribution in [0.25, 0.3) is 0 Å². The second kappa shape index (κ2) is 23.2. The van der Waals surface area contributed by atoms with Crippen LogP contribution in [0.1, 0.15) is 195 Å². The summed E-state index contributed by atoms with van der Waals surface area (Å²) in [5, 5.41) is 0. The molecule has 0 aliphatic rings. The third kappa shape index (κ3) is 12.3. The van der Waals surface area contributed by atoms with E-state index in [9.17, 15) is 0 Å². The van der Waals surface area contributed by atoms with Crippen molar-refractivity contribution in [3.05, 3.63) is 68.8 Å². The molecule has 0 aromatic heterocycles. The molecule has 0 nitrogen and oxygen atoms in total. The largest absolute Gasteiger partial charge is 0.138 e. The first kappa shape index (κ1) is 38.1. The monoisotopic (exact) mass is 607 g/mol. The summed E-state index contributed by atoms with van der Waals surface area (Å²) in [5.74, 6) is 0.532. The minimum Gasteiger partial charge on any atom is -0.138 e. The highest BCUT2D eigenvalue weighted by Gasteiger charge is 2.25. The number of aryl methyl sites for hydroxylation is 2. The van der Waals surface area contributed by atoms with Crippen molar-refractivity contribution in [1.82, 2.24) is 0 Å². The average Bonchev–Trinajstić information content (AvgIpc) is 3.03. The molecule has 1 heteroatoms. The molecule has 0 bridgehead atoms. The van der Waals surface area contributed by atoms with E-state index in [4.69, 9.17) is 0 Å². The van der Waals surface area contributed by atoms with Crippen LogP contribution >= 0.6 is 9.24 Å². The Balaban J connectivity index is 2.84. The molecule has 244 valence electrons. The van der Waals surface area contributed by atoms with Crippen molar-refractivity contribution in [2.75, 3.05) is 6.16 Å². The van der Waals surface area contributed by atoms with Crippen LogP contribution in [0.15, 0.2) is 24.3 Å². The van der Waals surface area contributed by atoms with Crippen LogP contribution in [0.5, 0.6) is 0 Å². The fourth-order valence-corrected chi connectivity index (χ4v) is 7.44. The molecule has 2 aromatic rings. The topological polar surface area (TPSA) is 0 Å². The number of hydrogen-bond donors (Lipinski definition) is 0. The number of hydrogen-bond acceptors (Lipinski definition) is 0. The van der Waals surface area contributed by atoms with E-state index in [1.165, 1.54) is 147 Å². The Morgan fingerprint density at radius 3 is 1.16 bits per heavy atom. The Hall–Kier alpha value is -1.13. The number of rotatable bonds is 25. The first-order valence-electron chi connectivity index (χ1n) is 19.1. The van der Waals surface area contributed by atoms with Crippen LogP contribution < -0.4 is 0 Å². The average molecular weight is 607 g/mol. The van der Waals surface area contributed by atoms with Gasteiger partial charge in [-0.05, 0) is 141 Å². The van der Waals surface area contributed by atoms with Crippen molar-refractivity contribution in [1.29, 1.82) is 0 Å². The minimum atomic E-state index is 0.532. The van der Waals surface area contributed by atoms with E-state index in [0.717, 1.165) is 0 Å². The summed E-state index contributed by atoms with van der Waals surface area (Å²) < 4.78 is 0. The molecular weight excluding hydrogens is 535 g/mol. The number of benzene rings is 2. The molecular formula is C42H71P. The molecule has 2 aromatic carbocycles. The van der Waals surface area contributed by atoms with Gasteiger partial charge in [0.15, 0.2) is 0 Å². The van der Waals surface area contributed by atoms with Crippen LogP contribution in [0.3, 0.4) is 0 Å². The lowest BCUT2D eigenvalue weighted by molar-refractivity contribution is 0.605. The molecule has 1 unspecified atom stereocenters. The smallest absolute Gasteiger partial charge is 0.00950 e. The zero-order valence-corrected chi connectivity index (χ0v) is 30.9. The highest BCUT2D eigenvalue weighted by atomic mass is 31.0. The second-order valence-electron chi connectivity index (χ2n) is 13.4. The zero-order valence-electron chi connectivity index (χ0n) is 29.7. The van der Waals surface area contributed by atoms with Gasteiger partial charge in [-0.1, -0.05) is 117 Å². The summed E-state index contributed by atoms with van der Waals surface area (Å²) in [4.78, 5) is 0. The fraction of sp³-hybridized carbons (Fsp3) is 0.714. The third-order valence-electron chi connectivity index (χ3n) is 9.80. The fourth-order valence-electron chi connectivity index (χ4n) is 7.15. The summed E-state index contributed by atoms with van der Waals surface area (Å²) >= 11 is 0. The molecule has 1 atom stereocenters. The predicted octanol–water partition coefficient (Wildman–Crippen LogP) is 13.3. The van der Waals surface area contributed by atoms with Gasteiger partial charge in [-0.2, -0.15) is 0 Å². The molecule has 0 fully saturated rings. The third-order valence-corrected chi connectivity index (χ3v) is 10.2. The van der Waals surface area contributed by atoms with Crippen LogP contribution in [-0.4, -0.2) is 6.16 Å². The van der Waals surface area contributed by atoms with Crippen molar-refractivity contribution in [3.63, 3.8) is 0 Å². The van der Waals surface area contributed by atoms with E-state index >= 15 is 0 Å². The Labute approximate surface area is 272 Å². The first-order chi connectivity index (χ1) is 21.1. The minimum absolute atomic E-state index is 0.532. The van der Waals surface area contributed by atoms with Gasteiger partial charge in [0.05, 0.1) is 0 Å².